The van der Waals surface area contributed by atoms with Gasteiger partial charge in [0.25, 0.3) is 0 Å². The van der Waals surface area contributed by atoms with Crippen LogP contribution in [-0.2, 0) is 42.7 Å². The van der Waals surface area contributed by atoms with Crippen LogP contribution in [0.3, 0.4) is 0 Å². The van der Waals surface area contributed by atoms with Crippen LogP contribution in [0.15, 0.2) is 23.3 Å². The van der Waals surface area contributed by atoms with Crippen LogP contribution < -0.4 is 10.6 Å². The summed E-state index contributed by atoms with van der Waals surface area (Å²) in [5.41, 5.74) is -0.282. The van der Waals surface area contributed by atoms with Crippen molar-refractivity contribution in [1.82, 2.24) is 10.6 Å². The van der Waals surface area contributed by atoms with Crippen LogP contribution in [0.1, 0.15) is 120 Å². The number of ether oxygens (including phenoxy) is 7. The van der Waals surface area contributed by atoms with Gasteiger partial charge in [-0.1, -0.05) is 31.6 Å². The van der Waals surface area contributed by atoms with Crippen LogP contribution in [0.25, 0.3) is 0 Å². The van der Waals surface area contributed by atoms with E-state index in [1.807, 2.05) is 20.8 Å². The molecule has 0 aromatic carbocycles. The topological polar surface area (TPSA) is 173 Å². The van der Waals surface area contributed by atoms with Gasteiger partial charge in [-0.05, 0) is 110 Å². The fourth-order valence-electron chi connectivity index (χ4n) is 13.7. The van der Waals surface area contributed by atoms with E-state index < -0.39 is 35.7 Å². The minimum atomic E-state index is -1.12. The van der Waals surface area contributed by atoms with Gasteiger partial charge in [0, 0.05) is 49.9 Å². The maximum absolute atomic E-state index is 13.3. The number of rotatable bonds is 11. The molecule has 4 N–H and O–H groups in total. The molecule has 0 aromatic heterocycles. The van der Waals surface area contributed by atoms with E-state index in [9.17, 15) is 19.8 Å². The molecule has 4 saturated heterocycles. The highest BCUT2D eigenvalue weighted by Gasteiger charge is 2.71. The number of hydrogen-bond donors (Lipinski definition) is 4. The molecule has 0 radical (unpaired) electrons. The molecule has 60 heavy (non-hydrogen) atoms. The molecule has 7 fully saturated rings. The van der Waals surface area contributed by atoms with E-state index in [4.69, 9.17) is 33.2 Å². The highest BCUT2D eigenvalue weighted by atomic mass is 16.7. The molecular formula is C47H74N2O11. The Kier molecular flexibility index (Phi) is 12.7. The number of fused-ring (bicyclic) bond motifs is 6. The van der Waals surface area contributed by atoms with Crippen molar-refractivity contribution in [1.29, 1.82) is 0 Å². The standard InChI is InChI=1S/C47H74N2O11/c1-11-23(2)44(52)60-37-21-34-33(47(53)17-15-32(24(3)50)46(37,47)8)13-12-28-18-29(14-16-45(28,34)7)59-38-22-35(54-9)31(25(4)57-38)19-30-20-36(55-10)39(26(5)56-30)49-43-42(51)41-40(48-41)27(6)58-43/h11-12,25-27,29-43,48-49,51,53H,13-22H2,1-10H3/b23-11+. The van der Waals surface area contributed by atoms with Crippen molar-refractivity contribution in [2.75, 3.05) is 14.2 Å². The molecule has 13 nitrogen and oxygen atoms in total. The zero-order valence-electron chi connectivity index (χ0n) is 37.7. The summed E-state index contributed by atoms with van der Waals surface area (Å²) in [6, 6.07) is 0.131. The Morgan fingerprint density at radius 1 is 0.950 bits per heavy atom. The average molecular weight is 843 g/mol. The number of Topliss-reactive ketones (excluding diaryl/α,β-unsaturated/α-hetero) is 1. The number of hydrogen-bond acceptors (Lipinski definition) is 13. The number of aliphatic hydroxyl groups excluding tert-OH is 1. The summed E-state index contributed by atoms with van der Waals surface area (Å²) in [4.78, 5) is 26.4. The third kappa shape index (κ3) is 7.60. The molecule has 8 aliphatic rings. The van der Waals surface area contributed by atoms with Crippen LogP contribution in [0.4, 0.5) is 0 Å². The molecule has 8 rings (SSSR count). The smallest absolute Gasteiger partial charge is 0.333 e. The molecule has 4 aliphatic heterocycles. The van der Waals surface area contributed by atoms with Gasteiger partial charge in [0.05, 0.1) is 66.5 Å². The molecule has 4 aliphatic carbocycles. The van der Waals surface area contributed by atoms with E-state index in [0.717, 1.165) is 32.1 Å². The lowest BCUT2D eigenvalue weighted by molar-refractivity contribution is -0.261. The molecule has 338 valence electrons. The van der Waals surface area contributed by atoms with Crippen LogP contribution >= 0.6 is 0 Å². The second kappa shape index (κ2) is 17.0. The van der Waals surface area contributed by atoms with Gasteiger partial charge in [0.2, 0.25) is 0 Å². The highest BCUT2D eigenvalue weighted by molar-refractivity contribution is 5.88. The third-order valence-electron chi connectivity index (χ3n) is 17.5. The van der Waals surface area contributed by atoms with E-state index >= 15 is 0 Å². The zero-order chi connectivity index (χ0) is 43.1. The van der Waals surface area contributed by atoms with Gasteiger partial charge in [-0.25, -0.2) is 4.79 Å². The van der Waals surface area contributed by atoms with Crippen LogP contribution in [0.2, 0.25) is 0 Å². The van der Waals surface area contributed by atoms with Gasteiger partial charge >= 0.3 is 5.97 Å². The van der Waals surface area contributed by atoms with E-state index in [1.165, 1.54) is 5.57 Å². The number of nitrogens with one attached hydrogen (secondary N) is 2. The van der Waals surface area contributed by atoms with Gasteiger partial charge in [0.1, 0.15) is 24.2 Å². The van der Waals surface area contributed by atoms with Gasteiger partial charge in [-0.3, -0.25) is 10.1 Å². The summed E-state index contributed by atoms with van der Waals surface area (Å²) in [5.74, 6) is -0.500. The lowest BCUT2D eigenvalue weighted by atomic mass is 9.45. The van der Waals surface area contributed by atoms with E-state index in [0.29, 0.717) is 37.7 Å². The molecular weight excluding hydrogens is 769 g/mol. The second-order valence-corrected chi connectivity index (χ2v) is 20.4. The van der Waals surface area contributed by atoms with Gasteiger partial charge < -0.3 is 48.7 Å². The van der Waals surface area contributed by atoms with Crippen molar-refractivity contribution >= 4 is 11.8 Å². The molecule has 4 heterocycles. The zero-order valence-corrected chi connectivity index (χ0v) is 37.7. The minimum Gasteiger partial charge on any atom is -0.458 e. The number of allylic oxidation sites excluding steroid dienone is 2. The first-order valence-electron chi connectivity index (χ1n) is 23.1. The lowest BCUT2D eigenvalue weighted by Gasteiger charge is -2.63. The van der Waals surface area contributed by atoms with Crippen LogP contribution in [0.5, 0.6) is 0 Å². The summed E-state index contributed by atoms with van der Waals surface area (Å²) in [7, 11) is 3.51. The predicted molar refractivity (Wildman–Crippen MR) is 222 cm³/mol. The molecule has 0 amide bonds. The van der Waals surface area contributed by atoms with Gasteiger partial charge in [-0.15, -0.1) is 0 Å². The Bertz CT molecular complexity index is 1670. The van der Waals surface area contributed by atoms with Crippen LogP contribution in [0, 0.1) is 34.5 Å². The van der Waals surface area contributed by atoms with E-state index in [-0.39, 0.29) is 102 Å². The first-order valence-corrected chi connectivity index (χ1v) is 23.1. The average Bonchev–Trinajstić information content (AvgIpc) is 3.97. The normalized spacial score (nSPS) is 51.3. The Morgan fingerprint density at radius 3 is 2.40 bits per heavy atom. The maximum atomic E-state index is 13.3. The molecule has 3 saturated carbocycles. The Morgan fingerprint density at radius 2 is 1.70 bits per heavy atom. The third-order valence-corrected chi connectivity index (χ3v) is 17.5. The van der Waals surface area contributed by atoms with Crippen LogP contribution in [-0.4, -0.2) is 127 Å². The summed E-state index contributed by atoms with van der Waals surface area (Å²) in [6.45, 7) is 15.8. The first kappa shape index (κ1) is 44.8. The summed E-state index contributed by atoms with van der Waals surface area (Å²) >= 11 is 0. The number of aliphatic hydroxyl groups is 2. The monoisotopic (exact) mass is 843 g/mol. The first-order chi connectivity index (χ1) is 28.5. The summed E-state index contributed by atoms with van der Waals surface area (Å²) < 4.78 is 44.8. The van der Waals surface area contributed by atoms with E-state index in [1.54, 1.807) is 34.1 Å². The van der Waals surface area contributed by atoms with E-state index in [2.05, 4.69) is 37.5 Å². The molecule has 21 atom stereocenters. The SMILES string of the molecule is C/C=C(\C)C(=O)OC1CC2C(CC=C3CC(OC4CC(OC)C(CC5CC(OC)C(NC6OC(C)C7NC7C6O)C(C)O5)C(C)O4)CCC32C)C2(O)CCC(C(C)=O)C12C. The Labute approximate surface area is 357 Å². The van der Waals surface area contributed by atoms with Crippen molar-refractivity contribution in [2.45, 2.75) is 211 Å². The molecule has 0 spiro atoms. The summed E-state index contributed by atoms with van der Waals surface area (Å²) in [5, 5.41) is 30.5. The largest absolute Gasteiger partial charge is 0.458 e. The predicted octanol–water partition coefficient (Wildman–Crippen LogP) is 4.90. The van der Waals surface area contributed by atoms with Gasteiger partial charge in [0.15, 0.2) is 6.29 Å². The fourth-order valence-corrected chi connectivity index (χ4v) is 13.7. The summed E-state index contributed by atoms with van der Waals surface area (Å²) in [6.07, 6.45) is 8.58. The van der Waals surface area contributed by atoms with Crippen molar-refractivity contribution < 1.29 is 53.0 Å². The molecule has 13 heteroatoms. The van der Waals surface area contributed by atoms with Gasteiger partial charge in [-0.2, -0.15) is 0 Å². The molecule has 0 bridgehead atoms. The quantitative estimate of drug-likeness (QED) is 0.0960. The fraction of sp³-hybridized carbons (Fsp3) is 0.872. The minimum absolute atomic E-state index is 0.0189. The molecule has 21 unspecified atom stereocenters. The van der Waals surface area contributed by atoms with Crippen molar-refractivity contribution in [3.63, 3.8) is 0 Å². The number of methoxy groups -OCH3 is 2. The number of esters is 1. The Hall–Kier alpha value is -1.78. The highest BCUT2D eigenvalue weighted by Crippen LogP contribution is 2.68. The molecule has 0 aromatic rings. The second-order valence-electron chi connectivity index (χ2n) is 20.4. The van der Waals surface area contributed by atoms with Crippen molar-refractivity contribution in [3.05, 3.63) is 23.3 Å². The lowest BCUT2D eigenvalue weighted by Crippen LogP contribution is -2.66. The number of carbonyl (C=O) groups excluding carboxylic acids is 2. The Balaban J connectivity index is 0.898. The maximum Gasteiger partial charge on any atom is 0.333 e. The number of carbonyl (C=O) groups is 2. The number of ketones is 1. The van der Waals surface area contributed by atoms with Crippen molar-refractivity contribution in [2.24, 2.45) is 34.5 Å². The van der Waals surface area contributed by atoms with Crippen molar-refractivity contribution in [3.8, 4) is 0 Å².